The van der Waals surface area contributed by atoms with Gasteiger partial charge in [-0.15, -0.1) is 0 Å². The molecule has 0 aromatic heterocycles. The second-order valence-corrected chi connectivity index (χ2v) is 4.36. The molecular formula is C10H19F2N3O. The van der Waals surface area contributed by atoms with E-state index in [1.165, 1.54) is 0 Å². The summed E-state index contributed by atoms with van der Waals surface area (Å²) in [6.45, 7) is 0.284. The summed E-state index contributed by atoms with van der Waals surface area (Å²) >= 11 is 0. The van der Waals surface area contributed by atoms with E-state index in [0.717, 1.165) is 25.9 Å². The average molecular weight is 235 g/mol. The lowest BCUT2D eigenvalue weighted by atomic mass is 9.96. The van der Waals surface area contributed by atoms with Gasteiger partial charge in [-0.1, -0.05) is 0 Å². The van der Waals surface area contributed by atoms with Crippen molar-refractivity contribution in [3.63, 3.8) is 0 Å². The van der Waals surface area contributed by atoms with Crippen LogP contribution in [0.3, 0.4) is 0 Å². The maximum atomic E-state index is 12.8. The minimum Gasteiger partial charge on any atom is -0.350 e. The van der Waals surface area contributed by atoms with E-state index in [1.807, 2.05) is 7.05 Å². The molecule has 1 aliphatic rings. The van der Waals surface area contributed by atoms with E-state index in [2.05, 4.69) is 10.2 Å². The van der Waals surface area contributed by atoms with Gasteiger partial charge in [0.2, 0.25) is 5.91 Å². The monoisotopic (exact) mass is 235 g/mol. The summed E-state index contributed by atoms with van der Waals surface area (Å²) in [5.74, 6) is -3.41. The van der Waals surface area contributed by atoms with Crippen molar-refractivity contribution in [2.45, 2.75) is 18.8 Å². The van der Waals surface area contributed by atoms with Crippen LogP contribution < -0.4 is 11.1 Å². The van der Waals surface area contributed by atoms with Crippen molar-refractivity contribution in [3.05, 3.63) is 0 Å². The number of alkyl halides is 2. The van der Waals surface area contributed by atoms with Crippen molar-refractivity contribution in [2.75, 3.05) is 33.2 Å². The highest BCUT2D eigenvalue weighted by atomic mass is 19.3. The second-order valence-electron chi connectivity index (χ2n) is 4.36. The molecule has 1 rings (SSSR count). The third kappa shape index (κ3) is 4.02. The molecule has 0 bridgehead atoms. The van der Waals surface area contributed by atoms with Gasteiger partial charge in [-0.25, -0.2) is 8.78 Å². The molecule has 0 aromatic carbocycles. The topological polar surface area (TPSA) is 58.4 Å². The summed E-state index contributed by atoms with van der Waals surface area (Å²) in [5, 5.41) is 2.27. The predicted octanol–water partition coefficient (Wildman–Crippen LogP) is 0.0384. The van der Waals surface area contributed by atoms with E-state index in [4.69, 9.17) is 5.73 Å². The van der Waals surface area contributed by atoms with E-state index in [1.54, 1.807) is 0 Å². The van der Waals surface area contributed by atoms with Crippen molar-refractivity contribution < 1.29 is 13.6 Å². The highest BCUT2D eigenvalue weighted by molar-refractivity contribution is 5.78. The van der Waals surface area contributed by atoms with Crippen LogP contribution in [-0.4, -0.2) is 50.0 Å². The van der Waals surface area contributed by atoms with Crippen molar-refractivity contribution in [1.82, 2.24) is 10.2 Å². The lowest BCUT2D eigenvalue weighted by molar-refractivity contribution is -0.128. The quantitative estimate of drug-likeness (QED) is 0.723. The second kappa shape index (κ2) is 5.54. The molecule has 6 heteroatoms. The molecule has 0 saturated carbocycles. The van der Waals surface area contributed by atoms with Crippen LogP contribution >= 0.6 is 0 Å². The van der Waals surface area contributed by atoms with Crippen LogP contribution in [0.15, 0.2) is 0 Å². The first kappa shape index (κ1) is 13.3. The SMILES string of the molecule is CN1CCC(C(=O)NCC(F)(F)CN)CC1. The molecule has 0 atom stereocenters. The Hall–Kier alpha value is -0.750. The number of hydrogen-bond donors (Lipinski definition) is 2. The van der Waals surface area contributed by atoms with Gasteiger partial charge >= 0.3 is 0 Å². The van der Waals surface area contributed by atoms with Gasteiger partial charge in [0.25, 0.3) is 5.92 Å². The number of nitrogens with one attached hydrogen (secondary N) is 1. The third-order valence-electron chi connectivity index (χ3n) is 2.91. The number of nitrogens with two attached hydrogens (primary N) is 1. The lowest BCUT2D eigenvalue weighted by Crippen LogP contribution is -2.45. The Balaban J connectivity index is 2.30. The Labute approximate surface area is 94.2 Å². The Kier molecular flexibility index (Phi) is 4.61. The molecule has 1 saturated heterocycles. The van der Waals surface area contributed by atoms with Crippen LogP contribution in [0.25, 0.3) is 0 Å². The number of carbonyl (C=O) groups excluding carboxylic acids is 1. The zero-order valence-corrected chi connectivity index (χ0v) is 9.51. The predicted molar refractivity (Wildman–Crippen MR) is 57.2 cm³/mol. The Morgan fingerprint density at radius 2 is 2.06 bits per heavy atom. The van der Waals surface area contributed by atoms with Gasteiger partial charge in [0.15, 0.2) is 0 Å². The summed E-state index contributed by atoms with van der Waals surface area (Å²) in [6, 6.07) is 0. The van der Waals surface area contributed by atoms with Crippen LogP contribution in [0.5, 0.6) is 0 Å². The fraction of sp³-hybridized carbons (Fsp3) is 0.900. The summed E-state index contributed by atoms with van der Waals surface area (Å²) in [4.78, 5) is 13.7. The molecule has 0 spiro atoms. The van der Waals surface area contributed by atoms with Crippen LogP contribution in [-0.2, 0) is 4.79 Å². The van der Waals surface area contributed by atoms with Crippen LogP contribution in [0.4, 0.5) is 8.78 Å². The van der Waals surface area contributed by atoms with Gasteiger partial charge < -0.3 is 16.0 Å². The highest BCUT2D eigenvalue weighted by Crippen LogP contribution is 2.16. The maximum Gasteiger partial charge on any atom is 0.277 e. The molecular weight excluding hydrogens is 216 g/mol. The number of likely N-dealkylation sites (tertiary alicyclic amines) is 1. The highest BCUT2D eigenvalue weighted by Gasteiger charge is 2.29. The average Bonchev–Trinajstić information content (AvgIpc) is 2.27. The summed E-state index contributed by atoms with van der Waals surface area (Å²) in [5.41, 5.74) is 4.88. The van der Waals surface area contributed by atoms with Gasteiger partial charge in [-0.3, -0.25) is 4.79 Å². The molecule has 0 radical (unpaired) electrons. The van der Waals surface area contributed by atoms with E-state index in [0.29, 0.717) is 0 Å². The van der Waals surface area contributed by atoms with Crippen molar-refractivity contribution in [2.24, 2.45) is 11.7 Å². The van der Waals surface area contributed by atoms with Gasteiger partial charge in [0.05, 0.1) is 13.1 Å². The number of halogens is 2. The zero-order chi connectivity index (χ0) is 12.2. The van der Waals surface area contributed by atoms with E-state index in [9.17, 15) is 13.6 Å². The van der Waals surface area contributed by atoms with E-state index >= 15 is 0 Å². The Morgan fingerprint density at radius 3 is 2.56 bits per heavy atom. The number of piperidine rings is 1. The van der Waals surface area contributed by atoms with Gasteiger partial charge in [0.1, 0.15) is 0 Å². The number of amides is 1. The van der Waals surface area contributed by atoms with Gasteiger partial charge in [0, 0.05) is 5.92 Å². The molecule has 0 aliphatic carbocycles. The first-order chi connectivity index (χ1) is 7.44. The van der Waals surface area contributed by atoms with Crippen molar-refractivity contribution >= 4 is 5.91 Å². The van der Waals surface area contributed by atoms with Crippen LogP contribution in [0, 0.1) is 5.92 Å². The summed E-state index contributed by atoms with van der Waals surface area (Å²) in [6.07, 6.45) is 1.47. The standard InChI is InChI=1S/C10H19F2N3O/c1-15-4-2-8(3-5-15)9(16)14-7-10(11,12)6-13/h8H,2-7,13H2,1H3,(H,14,16). The van der Waals surface area contributed by atoms with Crippen LogP contribution in [0.1, 0.15) is 12.8 Å². The number of nitrogens with zero attached hydrogens (tertiary/aromatic N) is 1. The third-order valence-corrected chi connectivity index (χ3v) is 2.91. The Bertz CT molecular complexity index is 240. The van der Waals surface area contributed by atoms with Crippen molar-refractivity contribution in [1.29, 1.82) is 0 Å². The number of carbonyl (C=O) groups is 1. The minimum absolute atomic E-state index is 0.134. The smallest absolute Gasteiger partial charge is 0.277 e. The molecule has 3 N–H and O–H groups in total. The minimum atomic E-state index is -3.00. The largest absolute Gasteiger partial charge is 0.350 e. The number of rotatable bonds is 4. The molecule has 1 aliphatic heterocycles. The van der Waals surface area contributed by atoms with Crippen molar-refractivity contribution in [3.8, 4) is 0 Å². The van der Waals surface area contributed by atoms with Gasteiger partial charge in [-0.05, 0) is 33.0 Å². The first-order valence-corrected chi connectivity index (χ1v) is 5.49. The molecule has 1 amide bonds. The molecule has 94 valence electrons. The van der Waals surface area contributed by atoms with E-state index in [-0.39, 0.29) is 11.8 Å². The molecule has 0 unspecified atom stereocenters. The molecule has 1 fully saturated rings. The summed E-state index contributed by atoms with van der Waals surface area (Å²) < 4.78 is 25.6. The maximum absolute atomic E-state index is 12.8. The first-order valence-electron chi connectivity index (χ1n) is 5.49. The summed E-state index contributed by atoms with van der Waals surface area (Å²) in [7, 11) is 1.98. The Morgan fingerprint density at radius 1 is 1.50 bits per heavy atom. The fourth-order valence-corrected chi connectivity index (χ4v) is 1.70. The molecule has 0 aromatic rings. The van der Waals surface area contributed by atoms with Gasteiger partial charge in [-0.2, -0.15) is 0 Å². The zero-order valence-electron chi connectivity index (χ0n) is 9.51. The molecule has 4 nitrogen and oxygen atoms in total. The molecule has 16 heavy (non-hydrogen) atoms. The molecule has 1 heterocycles. The van der Waals surface area contributed by atoms with E-state index < -0.39 is 19.0 Å². The number of hydrogen-bond acceptors (Lipinski definition) is 3. The fourth-order valence-electron chi connectivity index (χ4n) is 1.70. The normalized spacial score (nSPS) is 19.8. The van der Waals surface area contributed by atoms with Crippen LogP contribution in [0.2, 0.25) is 0 Å². The lowest BCUT2D eigenvalue weighted by Gasteiger charge is -2.28.